The fourth-order valence-corrected chi connectivity index (χ4v) is 3.97. The molecule has 2 amide bonds. The summed E-state index contributed by atoms with van der Waals surface area (Å²) in [7, 11) is 0. The van der Waals surface area contributed by atoms with Gasteiger partial charge in [0.2, 0.25) is 0 Å². The topological polar surface area (TPSA) is 74.6 Å². The quantitative estimate of drug-likeness (QED) is 0.604. The number of furan rings is 1. The van der Waals surface area contributed by atoms with Gasteiger partial charge in [-0.2, -0.15) is 0 Å². The third-order valence-electron chi connectivity index (χ3n) is 5.41. The van der Waals surface area contributed by atoms with Gasteiger partial charge in [0.1, 0.15) is 5.76 Å². The lowest BCUT2D eigenvalue weighted by molar-refractivity contribution is 0.0929. The molecule has 1 fully saturated rings. The molecule has 0 aliphatic carbocycles. The van der Waals surface area contributed by atoms with Crippen LogP contribution in [0.4, 0.5) is 5.69 Å². The van der Waals surface area contributed by atoms with Gasteiger partial charge >= 0.3 is 0 Å². The molecule has 4 rings (SSSR count). The van der Waals surface area contributed by atoms with Crippen LogP contribution in [0, 0.1) is 0 Å². The van der Waals surface area contributed by atoms with Crippen LogP contribution in [0.3, 0.4) is 0 Å². The van der Waals surface area contributed by atoms with Gasteiger partial charge < -0.3 is 20.0 Å². The summed E-state index contributed by atoms with van der Waals surface area (Å²) < 4.78 is 5.28. The molecule has 31 heavy (non-hydrogen) atoms. The Kier molecular flexibility index (Phi) is 6.57. The van der Waals surface area contributed by atoms with E-state index in [2.05, 4.69) is 15.5 Å². The molecule has 3 aromatic rings. The molecule has 160 valence electrons. The predicted octanol–water partition coefficient (Wildman–Crippen LogP) is 4.26. The third kappa shape index (κ3) is 5.27. The van der Waals surface area contributed by atoms with Gasteiger partial charge in [-0.1, -0.05) is 29.8 Å². The van der Waals surface area contributed by atoms with Crippen LogP contribution >= 0.6 is 11.6 Å². The number of nitrogens with zero attached hydrogens (tertiary/aromatic N) is 1. The number of anilines is 1. The van der Waals surface area contributed by atoms with Crippen molar-refractivity contribution in [3.63, 3.8) is 0 Å². The maximum Gasteiger partial charge on any atom is 0.253 e. The maximum atomic E-state index is 12.8. The van der Waals surface area contributed by atoms with Crippen molar-refractivity contribution in [2.75, 3.05) is 18.0 Å². The molecule has 6 nitrogen and oxygen atoms in total. The second-order valence-electron chi connectivity index (χ2n) is 7.52. The van der Waals surface area contributed by atoms with Crippen molar-refractivity contribution < 1.29 is 14.0 Å². The zero-order chi connectivity index (χ0) is 21.6. The van der Waals surface area contributed by atoms with Crippen LogP contribution in [0.5, 0.6) is 0 Å². The maximum absolute atomic E-state index is 12.8. The summed E-state index contributed by atoms with van der Waals surface area (Å²) >= 11 is 5.99. The molecule has 2 heterocycles. The van der Waals surface area contributed by atoms with Crippen molar-refractivity contribution in [3.05, 3.63) is 88.8 Å². The standard InChI is InChI=1S/C24H24ClN3O3/c25-18-6-3-5-17(15-18)23(29)27-19-10-12-28(13-11-19)22-9-2-1-8-21(22)24(30)26-16-20-7-4-14-31-20/h1-9,14-15,19H,10-13,16H2,(H,26,30)(H,27,29). The Hall–Kier alpha value is -3.25. The Bertz CT molecular complexity index is 1040. The van der Waals surface area contributed by atoms with Crippen molar-refractivity contribution >= 4 is 29.1 Å². The van der Waals surface area contributed by atoms with E-state index in [0.717, 1.165) is 31.6 Å². The van der Waals surface area contributed by atoms with E-state index in [1.54, 1.807) is 36.6 Å². The highest BCUT2D eigenvalue weighted by molar-refractivity contribution is 6.30. The summed E-state index contributed by atoms with van der Waals surface area (Å²) in [5, 5.41) is 6.55. The second-order valence-corrected chi connectivity index (χ2v) is 7.96. The molecule has 1 aromatic heterocycles. The lowest BCUT2D eigenvalue weighted by Gasteiger charge is -2.35. The molecule has 0 radical (unpaired) electrons. The third-order valence-corrected chi connectivity index (χ3v) is 5.64. The Morgan fingerprint density at radius 3 is 2.55 bits per heavy atom. The SMILES string of the molecule is O=C(NC1CCN(c2ccccc2C(=O)NCc2ccco2)CC1)c1cccc(Cl)c1. The largest absolute Gasteiger partial charge is 0.467 e. The van der Waals surface area contributed by atoms with Gasteiger partial charge in [-0.25, -0.2) is 0 Å². The van der Waals surface area contributed by atoms with Crippen LogP contribution in [0.1, 0.15) is 39.3 Å². The molecular weight excluding hydrogens is 414 g/mol. The Morgan fingerprint density at radius 2 is 1.81 bits per heavy atom. The van der Waals surface area contributed by atoms with Crippen molar-refractivity contribution in [1.82, 2.24) is 10.6 Å². The first-order chi connectivity index (χ1) is 15.1. The predicted molar refractivity (Wildman–Crippen MR) is 120 cm³/mol. The number of hydrogen-bond acceptors (Lipinski definition) is 4. The summed E-state index contributed by atoms with van der Waals surface area (Å²) in [6.45, 7) is 1.85. The fraction of sp³-hybridized carbons (Fsp3) is 0.250. The molecule has 0 saturated carbocycles. The summed E-state index contributed by atoms with van der Waals surface area (Å²) in [6.07, 6.45) is 3.19. The molecular formula is C24H24ClN3O3. The van der Waals surface area contributed by atoms with Crippen LogP contribution in [-0.4, -0.2) is 30.9 Å². The van der Waals surface area contributed by atoms with Crippen LogP contribution < -0.4 is 15.5 Å². The van der Waals surface area contributed by atoms with Gasteiger partial charge in [0.05, 0.1) is 18.4 Å². The van der Waals surface area contributed by atoms with Crippen LogP contribution in [0.15, 0.2) is 71.3 Å². The average Bonchev–Trinajstić information content (AvgIpc) is 3.32. The van der Waals surface area contributed by atoms with E-state index in [4.69, 9.17) is 16.0 Å². The van der Waals surface area contributed by atoms with Gasteiger partial charge in [-0.3, -0.25) is 9.59 Å². The van der Waals surface area contributed by atoms with Crippen molar-refractivity contribution in [2.24, 2.45) is 0 Å². The van der Waals surface area contributed by atoms with Gasteiger partial charge in [0, 0.05) is 35.4 Å². The van der Waals surface area contributed by atoms with Crippen molar-refractivity contribution in [1.29, 1.82) is 0 Å². The monoisotopic (exact) mass is 437 g/mol. The number of carbonyl (C=O) groups is 2. The Balaban J connectivity index is 1.35. The van der Waals surface area contributed by atoms with E-state index < -0.39 is 0 Å². The molecule has 1 aliphatic heterocycles. The minimum absolute atomic E-state index is 0.0858. The number of para-hydroxylation sites is 1. The van der Waals surface area contributed by atoms with E-state index in [-0.39, 0.29) is 17.9 Å². The molecule has 2 N–H and O–H groups in total. The molecule has 2 aromatic carbocycles. The molecule has 0 bridgehead atoms. The Morgan fingerprint density at radius 1 is 1.00 bits per heavy atom. The van der Waals surface area contributed by atoms with E-state index >= 15 is 0 Å². The first-order valence-electron chi connectivity index (χ1n) is 10.3. The van der Waals surface area contributed by atoms with Gasteiger partial charge in [-0.05, 0) is 55.3 Å². The highest BCUT2D eigenvalue weighted by atomic mass is 35.5. The minimum Gasteiger partial charge on any atom is -0.467 e. The van der Waals surface area contributed by atoms with E-state index in [1.807, 2.05) is 30.3 Å². The Labute approximate surface area is 186 Å². The first-order valence-corrected chi connectivity index (χ1v) is 10.7. The summed E-state index contributed by atoms with van der Waals surface area (Å²) in [5.41, 5.74) is 2.10. The molecule has 1 aliphatic rings. The lowest BCUT2D eigenvalue weighted by atomic mass is 10.0. The number of amides is 2. The number of halogens is 1. The molecule has 0 unspecified atom stereocenters. The number of carbonyl (C=O) groups excluding carboxylic acids is 2. The highest BCUT2D eigenvalue weighted by Crippen LogP contribution is 2.25. The summed E-state index contributed by atoms with van der Waals surface area (Å²) in [6, 6.07) is 18.3. The van der Waals surface area contributed by atoms with Gasteiger partial charge in [0.25, 0.3) is 11.8 Å². The molecule has 1 saturated heterocycles. The molecule has 0 atom stereocenters. The van der Waals surface area contributed by atoms with E-state index in [9.17, 15) is 9.59 Å². The normalized spacial score (nSPS) is 14.3. The van der Waals surface area contributed by atoms with Gasteiger partial charge in [-0.15, -0.1) is 0 Å². The minimum atomic E-state index is -0.136. The van der Waals surface area contributed by atoms with Crippen LogP contribution in [0.2, 0.25) is 5.02 Å². The number of nitrogens with one attached hydrogen (secondary N) is 2. The molecule has 7 heteroatoms. The summed E-state index contributed by atoms with van der Waals surface area (Å²) in [5.74, 6) is 0.462. The number of benzene rings is 2. The van der Waals surface area contributed by atoms with Gasteiger partial charge in [0.15, 0.2) is 0 Å². The zero-order valence-corrected chi connectivity index (χ0v) is 17.8. The lowest BCUT2D eigenvalue weighted by Crippen LogP contribution is -2.45. The summed E-state index contributed by atoms with van der Waals surface area (Å²) in [4.78, 5) is 27.4. The number of rotatable bonds is 6. The van der Waals surface area contributed by atoms with Crippen molar-refractivity contribution in [2.45, 2.75) is 25.4 Å². The van der Waals surface area contributed by atoms with Crippen molar-refractivity contribution in [3.8, 4) is 0 Å². The zero-order valence-electron chi connectivity index (χ0n) is 17.0. The van der Waals surface area contributed by atoms with E-state index in [0.29, 0.717) is 28.5 Å². The highest BCUT2D eigenvalue weighted by Gasteiger charge is 2.24. The number of piperidine rings is 1. The van der Waals surface area contributed by atoms with Crippen LogP contribution in [0.25, 0.3) is 0 Å². The van der Waals surface area contributed by atoms with Crippen LogP contribution in [-0.2, 0) is 6.54 Å². The molecule has 0 spiro atoms. The second kappa shape index (κ2) is 9.71. The smallest absolute Gasteiger partial charge is 0.253 e. The van der Waals surface area contributed by atoms with E-state index in [1.165, 1.54) is 0 Å². The number of hydrogen-bond donors (Lipinski definition) is 2. The fourth-order valence-electron chi connectivity index (χ4n) is 3.78. The average molecular weight is 438 g/mol. The first kappa shape index (κ1) is 21.0.